The third kappa shape index (κ3) is 3.83. The highest BCUT2D eigenvalue weighted by molar-refractivity contribution is 8.00. The first kappa shape index (κ1) is 19.8. The normalized spacial score (nSPS) is 11.8. The number of nitriles is 1. The van der Waals surface area contributed by atoms with Crippen molar-refractivity contribution >= 4 is 23.4 Å². The molecule has 0 saturated heterocycles. The number of nitrogens with one attached hydrogen (secondary N) is 1. The average Bonchev–Trinajstić information content (AvgIpc) is 2.60. The van der Waals surface area contributed by atoms with E-state index in [1.807, 2.05) is 6.92 Å². The van der Waals surface area contributed by atoms with Crippen LogP contribution in [0.4, 0.5) is 18.9 Å². The second-order valence-electron chi connectivity index (χ2n) is 5.71. The maximum Gasteiger partial charge on any atom is 0.237 e. The monoisotopic (exact) mass is 379 g/mol. The molecule has 2 aromatic rings. The first-order valence-electron chi connectivity index (χ1n) is 7.66. The van der Waals surface area contributed by atoms with E-state index in [1.165, 1.54) is 0 Å². The molecule has 0 bridgehead atoms. The number of aryl methyl sites for hydroxylation is 1. The van der Waals surface area contributed by atoms with Gasteiger partial charge in [-0.1, -0.05) is 11.8 Å². The van der Waals surface area contributed by atoms with Crippen molar-refractivity contribution in [2.45, 2.75) is 38.0 Å². The van der Waals surface area contributed by atoms with Crippen LogP contribution >= 0.6 is 11.8 Å². The Morgan fingerprint density at radius 2 is 1.85 bits per heavy atom. The van der Waals surface area contributed by atoms with E-state index in [0.717, 1.165) is 40.7 Å². The Morgan fingerprint density at radius 3 is 2.46 bits per heavy atom. The molecule has 26 heavy (non-hydrogen) atoms. The SMILES string of the molecule is Cc1nc(S[C@@H](C)C(=O)Nc2ccc(F)c(F)c2F)c(C#N)c(C)c1C. The van der Waals surface area contributed by atoms with Gasteiger partial charge in [-0.3, -0.25) is 4.79 Å². The van der Waals surface area contributed by atoms with Gasteiger partial charge in [0.1, 0.15) is 11.1 Å². The lowest BCUT2D eigenvalue weighted by molar-refractivity contribution is -0.115. The number of rotatable bonds is 4. The number of carbonyl (C=O) groups is 1. The summed E-state index contributed by atoms with van der Waals surface area (Å²) in [6, 6.07) is 3.76. The zero-order valence-corrected chi connectivity index (χ0v) is 15.4. The van der Waals surface area contributed by atoms with Gasteiger partial charge in [0.05, 0.1) is 16.5 Å². The molecule has 0 aliphatic carbocycles. The zero-order valence-electron chi connectivity index (χ0n) is 14.6. The molecule has 0 saturated carbocycles. The predicted molar refractivity (Wildman–Crippen MR) is 93.4 cm³/mol. The molecule has 136 valence electrons. The molecule has 0 spiro atoms. The maximum absolute atomic E-state index is 13.7. The topological polar surface area (TPSA) is 65.8 Å². The van der Waals surface area contributed by atoms with Crippen molar-refractivity contribution in [3.63, 3.8) is 0 Å². The van der Waals surface area contributed by atoms with E-state index >= 15 is 0 Å². The van der Waals surface area contributed by atoms with Crippen LogP contribution in [0.3, 0.4) is 0 Å². The lowest BCUT2D eigenvalue weighted by Crippen LogP contribution is -2.23. The van der Waals surface area contributed by atoms with Gasteiger partial charge in [-0.05, 0) is 51.0 Å². The molecule has 0 fully saturated rings. The van der Waals surface area contributed by atoms with E-state index in [9.17, 15) is 23.2 Å². The molecule has 8 heteroatoms. The largest absolute Gasteiger partial charge is 0.323 e. The second-order valence-corrected chi connectivity index (χ2v) is 7.04. The molecule has 0 aliphatic rings. The van der Waals surface area contributed by atoms with Crippen molar-refractivity contribution in [1.29, 1.82) is 5.26 Å². The molecule has 0 radical (unpaired) electrons. The fourth-order valence-corrected chi connectivity index (χ4v) is 3.21. The Bertz CT molecular complexity index is 925. The molecule has 1 amide bonds. The van der Waals surface area contributed by atoms with Crippen molar-refractivity contribution < 1.29 is 18.0 Å². The Morgan fingerprint density at radius 1 is 1.19 bits per heavy atom. The molecular weight excluding hydrogens is 363 g/mol. The number of pyridine rings is 1. The van der Waals surface area contributed by atoms with Crippen molar-refractivity contribution in [2.75, 3.05) is 5.32 Å². The number of aromatic nitrogens is 1. The molecule has 1 aromatic heterocycles. The number of nitrogens with zero attached hydrogens (tertiary/aromatic N) is 2. The molecule has 2 rings (SSSR count). The number of halogens is 3. The van der Waals surface area contributed by atoms with Crippen molar-refractivity contribution in [1.82, 2.24) is 4.98 Å². The fourth-order valence-electron chi connectivity index (χ4n) is 2.21. The number of hydrogen-bond acceptors (Lipinski definition) is 4. The summed E-state index contributed by atoms with van der Waals surface area (Å²) >= 11 is 1.04. The summed E-state index contributed by atoms with van der Waals surface area (Å²) in [5.74, 6) is -5.08. The Balaban J connectivity index is 2.23. The number of thioether (sulfide) groups is 1. The smallest absolute Gasteiger partial charge is 0.237 e. The lowest BCUT2D eigenvalue weighted by Gasteiger charge is -2.15. The quantitative estimate of drug-likeness (QED) is 0.631. The summed E-state index contributed by atoms with van der Waals surface area (Å²) in [4.78, 5) is 16.6. The van der Waals surface area contributed by atoms with E-state index in [-0.39, 0.29) is 0 Å². The number of benzene rings is 1. The van der Waals surface area contributed by atoms with Gasteiger partial charge in [-0.15, -0.1) is 0 Å². The summed E-state index contributed by atoms with van der Waals surface area (Å²) in [5, 5.41) is 11.2. The Labute approximate surface area is 153 Å². The van der Waals surface area contributed by atoms with Crippen LogP contribution in [-0.2, 0) is 4.79 Å². The minimum absolute atomic E-state index is 0.372. The maximum atomic E-state index is 13.7. The van der Waals surface area contributed by atoms with Crippen molar-refractivity contribution in [3.05, 3.63) is 52.0 Å². The van der Waals surface area contributed by atoms with Crippen LogP contribution < -0.4 is 5.32 Å². The van der Waals surface area contributed by atoms with Gasteiger partial charge < -0.3 is 5.32 Å². The van der Waals surface area contributed by atoms with Gasteiger partial charge in [0.2, 0.25) is 5.91 Å². The first-order valence-corrected chi connectivity index (χ1v) is 8.54. The predicted octanol–water partition coefficient (Wildman–Crippen LogP) is 4.42. The average molecular weight is 379 g/mol. The summed E-state index contributed by atoms with van der Waals surface area (Å²) in [5.41, 5.74) is 2.33. The van der Waals surface area contributed by atoms with Crippen LogP contribution in [0.1, 0.15) is 29.3 Å². The summed E-state index contributed by atoms with van der Waals surface area (Å²) < 4.78 is 39.9. The van der Waals surface area contributed by atoms with Gasteiger partial charge >= 0.3 is 0 Å². The van der Waals surface area contributed by atoms with Gasteiger partial charge in [-0.25, -0.2) is 18.2 Å². The van der Waals surface area contributed by atoms with Gasteiger partial charge in [-0.2, -0.15) is 5.26 Å². The number of hydrogen-bond donors (Lipinski definition) is 1. The van der Waals surface area contributed by atoms with Crippen LogP contribution in [0.5, 0.6) is 0 Å². The van der Waals surface area contributed by atoms with Crippen LogP contribution in [0.2, 0.25) is 0 Å². The number of carbonyl (C=O) groups excluding carboxylic acids is 1. The molecule has 0 unspecified atom stereocenters. The lowest BCUT2D eigenvalue weighted by atomic mass is 10.1. The Kier molecular flexibility index (Phi) is 5.93. The number of amides is 1. The van der Waals surface area contributed by atoms with Crippen LogP contribution in [-0.4, -0.2) is 16.1 Å². The van der Waals surface area contributed by atoms with Crippen molar-refractivity contribution in [2.24, 2.45) is 0 Å². The summed E-state index contributed by atoms with van der Waals surface area (Å²) in [6.45, 7) is 7.00. The highest BCUT2D eigenvalue weighted by Crippen LogP contribution is 2.30. The van der Waals surface area contributed by atoms with Gasteiger partial charge in [0.15, 0.2) is 17.5 Å². The van der Waals surface area contributed by atoms with E-state index < -0.39 is 34.3 Å². The highest BCUT2D eigenvalue weighted by atomic mass is 32.2. The van der Waals surface area contributed by atoms with E-state index in [1.54, 1.807) is 20.8 Å². The molecule has 1 atom stereocenters. The molecular formula is C18H16F3N3OS. The van der Waals surface area contributed by atoms with E-state index in [2.05, 4.69) is 16.4 Å². The third-order valence-electron chi connectivity index (χ3n) is 4.03. The van der Waals surface area contributed by atoms with Crippen LogP contribution in [0, 0.1) is 49.6 Å². The molecule has 1 N–H and O–H groups in total. The van der Waals surface area contributed by atoms with Crippen molar-refractivity contribution in [3.8, 4) is 6.07 Å². The highest BCUT2D eigenvalue weighted by Gasteiger charge is 2.22. The van der Waals surface area contributed by atoms with Gasteiger partial charge in [0.25, 0.3) is 0 Å². The van der Waals surface area contributed by atoms with E-state index in [4.69, 9.17) is 0 Å². The zero-order chi connectivity index (χ0) is 19.6. The number of anilines is 1. The molecule has 1 aromatic carbocycles. The molecule has 0 aliphatic heterocycles. The summed E-state index contributed by atoms with van der Waals surface area (Å²) in [6.07, 6.45) is 0. The minimum Gasteiger partial charge on any atom is -0.323 e. The first-order chi connectivity index (χ1) is 12.2. The molecule has 4 nitrogen and oxygen atoms in total. The summed E-state index contributed by atoms with van der Waals surface area (Å²) in [7, 11) is 0. The van der Waals surface area contributed by atoms with Crippen LogP contribution in [0.25, 0.3) is 0 Å². The molecule has 1 heterocycles. The van der Waals surface area contributed by atoms with Gasteiger partial charge in [0, 0.05) is 5.69 Å². The van der Waals surface area contributed by atoms with Crippen LogP contribution in [0.15, 0.2) is 17.2 Å². The third-order valence-corrected chi connectivity index (χ3v) is 5.11. The minimum atomic E-state index is -1.65. The second kappa shape index (κ2) is 7.79. The Hall–Kier alpha value is -2.53. The van der Waals surface area contributed by atoms with E-state index in [0.29, 0.717) is 10.6 Å². The standard InChI is InChI=1S/C18H16F3N3OS/c1-8-9(2)12(7-22)18(23-10(8)3)26-11(4)17(25)24-14-6-5-13(19)15(20)16(14)21/h5-6,11H,1-4H3,(H,24,25)/t11-/m0/s1. The fraction of sp³-hybridized carbons (Fsp3) is 0.278.